The Morgan fingerprint density at radius 2 is 1.76 bits per heavy atom. The van der Waals surface area contributed by atoms with Crippen molar-refractivity contribution >= 4 is 33.2 Å². The van der Waals surface area contributed by atoms with E-state index in [-0.39, 0.29) is 0 Å². The van der Waals surface area contributed by atoms with Gasteiger partial charge >= 0.3 is 6.18 Å². The van der Waals surface area contributed by atoms with E-state index in [9.17, 15) is 39.6 Å². The summed E-state index contributed by atoms with van der Waals surface area (Å²) in [6, 6.07) is -1.01. The molecule has 2 aromatic rings. The van der Waals surface area contributed by atoms with Crippen LogP contribution in [0, 0.1) is 17.5 Å². The zero-order valence-corrected chi connectivity index (χ0v) is 16.1. The Hall–Kier alpha value is -2.25. The summed E-state index contributed by atoms with van der Waals surface area (Å²) < 4.78 is 105. The van der Waals surface area contributed by atoms with Crippen molar-refractivity contribution in [3.63, 3.8) is 0 Å². The van der Waals surface area contributed by atoms with Gasteiger partial charge in [-0.05, 0) is 19.1 Å². The fraction of sp³-hybridized carbons (Fsp3) is 0.267. The summed E-state index contributed by atoms with van der Waals surface area (Å²) in [5, 5.41) is 0.944. The quantitative estimate of drug-likeness (QED) is 0.525. The molecule has 160 valence electrons. The summed E-state index contributed by atoms with van der Waals surface area (Å²) in [5.74, 6) is -5.49. The Labute approximate surface area is 165 Å². The summed E-state index contributed by atoms with van der Waals surface area (Å²) in [6.07, 6.45) is -4.36. The molecule has 0 aliphatic rings. The first-order chi connectivity index (χ1) is 13.2. The van der Waals surface area contributed by atoms with Gasteiger partial charge in [-0.25, -0.2) is 21.6 Å². The first kappa shape index (κ1) is 23.0. The van der Waals surface area contributed by atoms with Crippen LogP contribution in [0.1, 0.15) is 17.4 Å². The van der Waals surface area contributed by atoms with E-state index in [1.165, 1.54) is 4.72 Å². The molecular formula is C15H12ClF6N3O3S. The zero-order valence-electron chi connectivity index (χ0n) is 14.5. The topological polar surface area (TPSA) is 80.2 Å². The lowest BCUT2D eigenvalue weighted by Crippen LogP contribution is -2.43. The molecule has 2 N–H and O–H groups in total. The van der Waals surface area contributed by atoms with Gasteiger partial charge in [0.2, 0.25) is 10.0 Å². The number of aryl methyl sites for hydroxylation is 1. The zero-order chi connectivity index (χ0) is 22.3. The SMILES string of the molecule is C[C@@H](NS(=O)(=O)c1cn(C)c(C(=O)Nc2ccc(F)c(Cl)c2F)c1F)C(F)(F)F. The monoisotopic (exact) mass is 463 g/mol. The molecule has 0 unspecified atom stereocenters. The second-order valence-corrected chi connectivity index (χ2v) is 7.89. The van der Waals surface area contributed by atoms with E-state index in [4.69, 9.17) is 11.6 Å². The minimum absolute atomic E-state index is 0.507. The maximum atomic E-state index is 14.6. The Balaban J connectivity index is 2.39. The van der Waals surface area contributed by atoms with Gasteiger partial charge in [-0.2, -0.15) is 17.9 Å². The summed E-state index contributed by atoms with van der Waals surface area (Å²) in [4.78, 5) is 11.0. The van der Waals surface area contributed by atoms with Crippen LogP contribution in [-0.4, -0.2) is 31.1 Å². The van der Waals surface area contributed by atoms with E-state index in [0.29, 0.717) is 17.7 Å². The lowest BCUT2D eigenvalue weighted by molar-refractivity contribution is -0.147. The number of nitrogens with one attached hydrogen (secondary N) is 2. The number of halogens is 7. The summed E-state index contributed by atoms with van der Waals surface area (Å²) in [6.45, 7) is 0.507. The molecule has 1 atom stereocenters. The average Bonchev–Trinajstić information content (AvgIpc) is 2.89. The molecule has 0 saturated heterocycles. The van der Waals surface area contributed by atoms with E-state index < -0.39 is 66.9 Å². The van der Waals surface area contributed by atoms with Crippen LogP contribution >= 0.6 is 11.6 Å². The molecule has 0 spiro atoms. The van der Waals surface area contributed by atoms with Crippen LogP contribution in [0.5, 0.6) is 0 Å². The number of hydrogen-bond donors (Lipinski definition) is 2. The molecule has 2 rings (SSSR count). The van der Waals surface area contributed by atoms with Crippen LogP contribution in [0.15, 0.2) is 23.2 Å². The molecule has 0 fully saturated rings. The number of aromatic nitrogens is 1. The number of rotatable bonds is 5. The molecule has 0 saturated carbocycles. The first-order valence-electron chi connectivity index (χ1n) is 7.55. The van der Waals surface area contributed by atoms with Crippen molar-refractivity contribution < 1.29 is 39.6 Å². The van der Waals surface area contributed by atoms with E-state index in [1.807, 2.05) is 5.32 Å². The van der Waals surface area contributed by atoms with E-state index in [1.54, 1.807) is 0 Å². The highest BCUT2D eigenvalue weighted by atomic mass is 35.5. The molecule has 1 aromatic heterocycles. The summed E-state index contributed by atoms with van der Waals surface area (Å²) in [7, 11) is -3.95. The maximum Gasteiger partial charge on any atom is 0.404 e. The number of carbonyl (C=O) groups excluding carboxylic acids is 1. The Kier molecular flexibility index (Phi) is 6.26. The number of hydrogen-bond acceptors (Lipinski definition) is 3. The predicted molar refractivity (Wildman–Crippen MR) is 90.5 cm³/mol. The molecule has 0 aliphatic carbocycles. The van der Waals surface area contributed by atoms with Crippen molar-refractivity contribution in [3.05, 3.63) is 46.5 Å². The highest BCUT2D eigenvalue weighted by Crippen LogP contribution is 2.28. The van der Waals surface area contributed by atoms with Gasteiger partial charge in [0, 0.05) is 13.2 Å². The number of sulfonamides is 1. The molecule has 1 aromatic carbocycles. The minimum atomic E-state index is -4.99. The predicted octanol–water partition coefficient (Wildman–Crippen LogP) is 3.58. The molecule has 0 radical (unpaired) electrons. The molecule has 1 amide bonds. The van der Waals surface area contributed by atoms with E-state index in [0.717, 1.165) is 19.2 Å². The number of alkyl halides is 3. The second-order valence-electron chi connectivity index (χ2n) is 5.83. The van der Waals surface area contributed by atoms with Crippen molar-refractivity contribution in [2.75, 3.05) is 5.32 Å². The van der Waals surface area contributed by atoms with Crippen LogP contribution in [0.4, 0.5) is 32.0 Å². The molecular weight excluding hydrogens is 452 g/mol. The Morgan fingerprint density at radius 3 is 2.31 bits per heavy atom. The third-order valence-electron chi connectivity index (χ3n) is 3.70. The number of nitrogens with zero attached hydrogens (tertiary/aromatic N) is 1. The fourth-order valence-electron chi connectivity index (χ4n) is 2.18. The Morgan fingerprint density at radius 1 is 1.17 bits per heavy atom. The third kappa shape index (κ3) is 4.67. The van der Waals surface area contributed by atoms with Crippen molar-refractivity contribution in [3.8, 4) is 0 Å². The number of carbonyl (C=O) groups is 1. The Bertz CT molecular complexity index is 1070. The highest BCUT2D eigenvalue weighted by molar-refractivity contribution is 7.89. The van der Waals surface area contributed by atoms with Gasteiger partial charge < -0.3 is 9.88 Å². The fourth-order valence-corrected chi connectivity index (χ4v) is 3.70. The standard InChI is InChI=1S/C15H12ClF6N3O3S/c1-6(15(20,21)22)24-29(27,28)9-5-25(2)13(12(9)19)14(26)23-8-4-3-7(17)10(16)11(8)18/h3-6,24H,1-2H3,(H,23,26)/t6-/m1/s1. The van der Waals surface area contributed by atoms with Crippen molar-refractivity contribution in [1.29, 1.82) is 0 Å². The van der Waals surface area contributed by atoms with Crippen LogP contribution in [0.2, 0.25) is 5.02 Å². The lowest BCUT2D eigenvalue weighted by Gasteiger charge is -2.16. The molecule has 0 bridgehead atoms. The molecule has 14 heteroatoms. The highest BCUT2D eigenvalue weighted by Gasteiger charge is 2.40. The maximum absolute atomic E-state index is 14.6. The van der Waals surface area contributed by atoms with Crippen LogP contribution in [0.3, 0.4) is 0 Å². The van der Waals surface area contributed by atoms with Gasteiger partial charge in [0.25, 0.3) is 5.91 Å². The smallest absolute Gasteiger partial charge is 0.343 e. The average molecular weight is 464 g/mol. The van der Waals surface area contributed by atoms with Gasteiger partial charge in [-0.3, -0.25) is 4.79 Å². The normalized spacial score (nSPS) is 13.4. The van der Waals surface area contributed by atoms with Gasteiger partial charge in [0.15, 0.2) is 11.6 Å². The van der Waals surface area contributed by atoms with Gasteiger partial charge in [-0.15, -0.1) is 0 Å². The minimum Gasteiger partial charge on any atom is -0.343 e. The van der Waals surface area contributed by atoms with Crippen LogP contribution in [-0.2, 0) is 17.1 Å². The summed E-state index contributed by atoms with van der Waals surface area (Å²) in [5.41, 5.74) is -1.56. The third-order valence-corrected chi connectivity index (χ3v) is 5.57. The van der Waals surface area contributed by atoms with Crippen LogP contribution < -0.4 is 10.0 Å². The van der Waals surface area contributed by atoms with Gasteiger partial charge in [0.05, 0.1) is 5.69 Å². The van der Waals surface area contributed by atoms with Gasteiger partial charge in [0.1, 0.15) is 27.5 Å². The largest absolute Gasteiger partial charge is 0.404 e. The molecule has 29 heavy (non-hydrogen) atoms. The summed E-state index contributed by atoms with van der Waals surface area (Å²) >= 11 is 5.36. The molecule has 6 nitrogen and oxygen atoms in total. The van der Waals surface area contributed by atoms with Crippen molar-refractivity contribution in [2.24, 2.45) is 7.05 Å². The lowest BCUT2D eigenvalue weighted by atomic mass is 10.2. The number of anilines is 1. The van der Waals surface area contributed by atoms with Crippen molar-refractivity contribution in [1.82, 2.24) is 9.29 Å². The number of benzene rings is 1. The van der Waals surface area contributed by atoms with Crippen LogP contribution in [0.25, 0.3) is 0 Å². The first-order valence-corrected chi connectivity index (χ1v) is 9.41. The van der Waals surface area contributed by atoms with Gasteiger partial charge in [-0.1, -0.05) is 11.6 Å². The van der Waals surface area contributed by atoms with E-state index in [2.05, 4.69) is 0 Å². The molecule has 0 aliphatic heterocycles. The molecule has 1 heterocycles. The number of amides is 1. The van der Waals surface area contributed by atoms with E-state index >= 15 is 0 Å². The van der Waals surface area contributed by atoms with Crippen molar-refractivity contribution in [2.45, 2.75) is 24.0 Å². The second kappa shape index (κ2) is 7.88.